The van der Waals surface area contributed by atoms with Crippen LogP contribution < -0.4 is 11.5 Å². The molecule has 1 aliphatic carbocycles. The van der Waals surface area contributed by atoms with Crippen molar-refractivity contribution < 1.29 is 0 Å². The van der Waals surface area contributed by atoms with Gasteiger partial charge < -0.3 is 16.4 Å². The summed E-state index contributed by atoms with van der Waals surface area (Å²) in [5, 5.41) is 0. The van der Waals surface area contributed by atoms with E-state index in [9.17, 15) is 0 Å². The minimum atomic E-state index is 0.193. The Morgan fingerprint density at radius 2 is 2.00 bits per heavy atom. The van der Waals surface area contributed by atoms with Crippen LogP contribution >= 0.6 is 0 Å². The summed E-state index contributed by atoms with van der Waals surface area (Å²) in [7, 11) is 4.13. The van der Waals surface area contributed by atoms with E-state index in [0.29, 0.717) is 0 Å². The molecule has 0 aliphatic heterocycles. The SMILES string of the molecule is CN(C)C1(CN=C(N)N)CC1. The fraction of sp³-hybridized carbons (Fsp3) is 0.857. The molecule has 0 heterocycles. The van der Waals surface area contributed by atoms with Gasteiger partial charge in [0.1, 0.15) is 0 Å². The average Bonchev–Trinajstić information content (AvgIpc) is 2.63. The van der Waals surface area contributed by atoms with Gasteiger partial charge in [0, 0.05) is 5.54 Å². The molecule has 1 fully saturated rings. The van der Waals surface area contributed by atoms with Gasteiger partial charge in [-0.15, -0.1) is 0 Å². The van der Waals surface area contributed by atoms with Crippen LogP contribution in [0.25, 0.3) is 0 Å². The molecule has 0 spiro atoms. The highest BCUT2D eigenvalue weighted by atomic mass is 15.2. The Hall–Kier alpha value is -0.770. The van der Waals surface area contributed by atoms with Gasteiger partial charge in [0.15, 0.2) is 5.96 Å². The van der Waals surface area contributed by atoms with Crippen LogP contribution in [0.4, 0.5) is 0 Å². The summed E-state index contributed by atoms with van der Waals surface area (Å²) in [4.78, 5) is 6.20. The van der Waals surface area contributed by atoms with E-state index < -0.39 is 0 Å². The maximum atomic E-state index is 5.24. The molecule has 0 unspecified atom stereocenters. The van der Waals surface area contributed by atoms with Crippen molar-refractivity contribution in [3.05, 3.63) is 0 Å². The molecule has 0 bridgehead atoms. The molecule has 4 heteroatoms. The van der Waals surface area contributed by atoms with Gasteiger partial charge in [-0.2, -0.15) is 0 Å². The molecule has 0 radical (unpaired) electrons. The van der Waals surface area contributed by atoms with Crippen molar-refractivity contribution in [2.75, 3.05) is 20.6 Å². The molecule has 1 aliphatic rings. The van der Waals surface area contributed by atoms with Crippen LogP contribution in [0.5, 0.6) is 0 Å². The minimum Gasteiger partial charge on any atom is -0.370 e. The molecule has 4 N–H and O–H groups in total. The fourth-order valence-corrected chi connectivity index (χ4v) is 1.13. The molecule has 0 atom stereocenters. The number of rotatable bonds is 3. The van der Waals surface area contributed by atoms with Crippen molar-refractivity contribution in [3.8, 4) is 0 Å². The fourth-order valence-electron chi connectivity index (χ4n) is 1.13. The van der Waals surface area contributed by atoms with Crippen LogP contribution in [-0.2, 0) is 0 Å². The van der Waals surface area contributed by atoms with E-state index in [1.165, 1.54) is 12.8 Å². The maximum Gasteiger partial charge on any atom is 0.185 e. The normalized spacial score (nSPS) is 19.9. The van der Waals surface area contributed by atoms with E-state index in [-0.39, 0.29) is 11.5 Å². The standard InChI is InChI=1S/C7H16N4/c1-11(2)7(3-4-7)5-10-6(8)9/h3-5H2,1-2H3,(H4,8,9,10). The highest BCUT2D eigenvalue weighted by Gasteiger charge is 2.44. The molecule has 0 aromatic rings. The van der Waals surface area contributed by atoms with Crippen LogP contribution in [0.15, 0.2) is 4.99 Å². The monoisotopic (exact) mass is 156 g/mol. The van der Waals surface area contributed by atoms with Gasteiger partial charge in [0.25, 0.3) is 0 Å². The van der Waals surface area contributed by atoms with E-state index in [4.69, 9.17) is 11.5 Å². The van der Waals surface area contributed by atoms with E-state index in [1.54, 1.807) is 0 Å². The van der Waals surface area contributed by atoms with Crippen LogP contribution in [0.1, 0.15) is 12.8 Å². The number of likely N-dealkylation sites (N-methyl/N-ethyl adjacent to an activating group) is 1. The second kappa shape index (κ2) is 2.70. The number of aliphatic imine (C=N–C) groups is 1. The molecule has 1 saturated carbocycles. The first-order valence-corrected chi connectivity index (χ1v) is 3.80. The molecular formula is C7H16N4. The molecule has 11 heavy (non-hydrogen) atoms. The summed E-state index contributed by atoms with van der Waals surface area (Å²) in [5.41, 5.74) is 10.7. The zero-order chi connectivity index (χ0) is 8.48. The number of hydrogen-bond acceptors (Lipinski definition) is 2. The van der Waals surface area contributed by atoms with Gasteiger partial charge in [-0.3, -0.25) is 4.99 Å². The van der Waals surface area contributed by atoms with Gasteiger partial charge in [-0.25, -0.2) is 0 Å². The zero-order valence-corrected chi connectivity index (χ0v) is 7.17. The van der Waals surface area contributed by atoms with E-state index in [2.05, 4.69) is 24.0 Å². The smallest absolute Gasteiger partial charge is 0.185 e. The van der Waals surface area contributed by atoms with Gasteiger partial charge in [0.2, 0.25) is 0 Å². The predicted molar refractivity (Wildman–Crippen MR) is 46.3 cm³/mol. The van der Waals surface area contributed by atoms with Crippen molar-refractivity contribution in [1.82, 2.24) is 4.90 Å². The Kier molecular flexibility index (Phi) is 2.04. The molecule has 64 valence electrons. The quantitative estimate of drug-likeness (QED) is 0.421. The highest BCUT2D eigenvalue weighted by Crippen LogP contribution is 2.40. The molecular weight excluding hydrogens is 140 g/mol. The van der Waals surface area contributed by atoms with E-state index in [0.717, 1.165) is 6.54 Å². The van der Waals surface area contributed by atoms with Crippen molar-refractivity contribution in [3.63, 3.8) is 0 Å². The average molecular weight is 156 g/mol. The Balaban J connectivity index is 2.42. The highest BCUT2D eigenvalue weighted by molar-refractivity contribution is 5.75. The number of nitrogens with two attached hydrogens (primary N) is 2. The van der Waals surface area contributed by atoms with Crippen LogP contribution in [0.2, 0.25) is 0 Å². The molecule has 4 nitrogen and oxygen atoms in total. The minimum absolute atomic E-state index is 0.193. The van der Waals surface area contributed by atoms with Gasteiger partial charge in [-0.1, -0.05) is 0 Å². The summed E-state index contributed by atoms with van der Waals surface area (Å²) >= 11 is 0. The third kappa shape index (κ3) is 1.83. The van der Waals surface area contributed by atoms with Crippen LogP contribution in [-0.4, -0.2) is 37.0 Å². The third-order valence-corrected chi connectivity index (χ3v) is 2.33. The number of hydrogen-bond donors (Lipinski definition) is 2. The van der Waals surface area contributed by atoms with Crippen molar-refractivity contribution in [1.29, 1.82) is 0 Å². The lowest BCUT2D eigenvalue weighted by Crippen LogP contribution is -2.34. The number of nitrogens with zero attached hydrogens (tertiary/aromatic N) is 2. The topological polar surface area (TPSA) is 67.6 Å². The van der Waals surface area contributed by atoms with Crippen LogP contribution in [0, 0.1) is 0 Å². The first-order valence-electron chi connectivity index (χ1n) is 3.80. The Morgan fingerprint density at radius 3 is 2.27 bits per heavy atom. The predicted octanol–water partition coefficient (Wildman–Crippen LogP) is -0.646. The number of guanidine groups is 1. The van der Waals surface area contributed by atoms with Gasteiger partial charge in [-0.05, 0) is 26.9 Å². The van der Waals surface area contributed by atoms with Gasteiger partial charge >= 0.3 is 0 Å². The third-order valence-electron chi connectivity index (χ3n) is 2.33. The van der Waals surface area contributed by atoms with Crippen molar-refractivity contribution in [2.24, 2.45) is 16.5 Å². The van der Waals surface area contributed by atoms with E-state index >= 15 is 0 Å². The molecule has 0 amide bonds. The molecule has 0 saturated heterocycles. The summed E-state index contributed by atoms with van der Waals surface area (Å²) in [6.45, 7) is 0.738. The van der Waals surface area contributed by atoms with E-state index in [1.807, 2.05) is 0 Å². The second-order valence-corrected chi connectivity index (χ2v) is 3.36. The summed E-state index contributed by atoms with van der Waals surface area (Å²) < 4.78 is 0. The molecule has 0 aromatic carbocycles. The Morgan fingerprint density at radius 1 is 1.45 bits per heavy atom. The molecule has 0 aromatic heterocycles. The van der Waals surface area contributed by atoms with Gasteiger partial charge in [0.05, 0.1) is 6.54 Å². The van der Waals surface area contributed by atoms with Crippen LogP contribution in [0.3, 0.4) is 0 Å². The molecule has 1 rings (SSSR count). The second-order valence-electron chi connectivity index (χ2n) is 3.36. The lowest BCUT2D eigenvalue weighted by molar-refractivity contribution is 0.279. The van der Waals surface area contributed by atoms with Crippen molar-refractivity contribution in [2.45, 2.75) is 18.4 Å². The Bertz CT molecular complexity index is 165. The van der Waals surface area contributed by atoms with Crippen molar-refractivity contribution >= 4 is 5.96 Å². The zero-order valence-electron chi connectivity index (χ0n) is 7.17. The lowest BCUT2D eigenvalue weighted by atomic mass is 10.2. The first-order chi connectivity index (χ1) is 5.07. The summed E-state index contributed by atoms with van der Waals surface area (Å²) in [5.74, 6) is 0.193. The maximum absolute atomic E-state index is 5.24. The largest absolute Gasteiger partial charge is 0.370 e. The lowest BCUT2D eigenvalue weighted by Gasteiger charge is -2.21. The first kappa shape index (κ1) is 8.33. The summed E-state index contributed by atoms with van der Waals surface area (Å²) in [6.07, 6.45) is 2.41. The Labute approximate surface area is 67.3 Å². The summed E-state index contributed by atoms with van der Waals surface area (Å²) in [6, 6.07) is 0.